The summed E-state index contributed by atoms with van der Waals surface area (Å²) in [6, 6.07) is 11.9. The van der Waals surface area contributed by atoms with Gasteiger partial charge in [0.25, 0.3) is 5.91 Å². The molecule has 0 atom stereocenters. The van der Waals surface area contributed by atoms with Crippen LogP contribution >= 0.6 is 0 Å². The number of urea groups is 1. The number of amides is 4. The quantitative estimate of drug-likeness (QED) is 0.703. The molecule has 8 nitrogen and oxygen atoms in total. The van der Waals surface area contributed by atoms with Crippen molar-refractivity contribution in [1.29, 1.82) is 0 Å². The summed E-state index contributed by atoms with van der Waals surface area (Å²) in [5, 5.41) is 5.20. The van der Waals surface area contributed by atoms with E-state index >= 15 is 0 Å². The topological polar surface area (TPSA) is 85.0 Å². The Morgan fingerprint density at radius 2 is 1.76 bits per heavy atom. The van der Waals surface area contributed by atoms with E-state index in [1.54, 1.807) is 4.90 Å². The van der Waals surface area contributed by atoms with Crippen LogP contribution in [0.25, 0.3) is 0 Å². The number of para-hydroxylation sites is 1. The number of carbonyl (C=O) groups excluding carboxylic acids is 3. The number of hydrogen-bond acceptors (Lipinski definition) is 4. The molecule has 2 saturated heterocycles. The van der Waals surface area contributed by atoms with Gasteiger partial charge in [0.2, 0.25) is 5.91 Å². The highest BCUT2D eigenvalue weighted by Crippen LogP contribution is 2.39. The first kappa shape index (κ1) is 23.5. The van der Waals surface area contributed by atoms with Gasteiger partial charge in [0.1, 0.15) is 23.7 Å². The van der Waals surface area contributed by atoms with Crippen molar-refractivity contribution in [1.82, 2.24) is 15.1 Å². The monoisotopic (exact) mass is 471 g/mol. The number of rotatable bonds is 5. The van der Waals surface area contributed by atoms with Gasteiger partial charge >= 0.3 is 6.03 Å². The van der Waals surface area contributed by atoms with Crippen molar-refractivity contribution < 1.29 is 23.2 Å². The number of nitrogens with one attached hydrogen (secondary N) is 2. The summed E-state index contributed by atoms with van der Waals surface area (Å²) in [5.74, 6) is -1.95. The first-order valence-electron chi connectivity index (χ1n) is 11.2. The van der Waals surface area contributed by atoms with Gasteiger partial charge in [0.05, 0.1) is 12.4 Å². The summed E-state index contributed by atoms with van der Waals surface area (Å²) in [5.41, 5.74) is -0.130. The van der Waals surface area contributed by atoms with E-state index in [9.17, 15) is 23.2 Å². The van der Waals surface area contributed by atoms with Crippen LogP contribution in [-0.4, -0.2) is 66.0 Å². The van der Waals surface area contributed by atoms with Gasteiger partial charge in [0.15, 0.2) is 0 Å². The molecular weight excluding hydrogens is 444 g/mol. The maximum Gasteiger partial charge on any atom is 0.321 e. The molecule has 0 aliphatic carbocycles. The lowest BCUT2D eigenvalue weighted by Crippen LogP contribution is -2.58. The maximum absolute atomic E-state index is 13.9. The molecule has 2 heterocycles. The van der Waals surface area contributed by atoms with E-state index in [1.165, 1.54) is 11.0 Å². The molecular formula is C24H27F2N5O3. The lowest BCUT2D eigenvalue weighted by Gasteiger charge is -2.43. The molecule has 2 aliphatic rings. The minimum atomic E-state index is -0.883. The number of likely N-dealkylation sites (tertiary alicyclic amines) is 1. The number of benzene rings is 2. The van der Waals surface area contributed by atoms with Gasteiger partial charge in [-0.1, -0.05) is 18.2 Å². The molecule has 180 valence electrons. The second-order valence-electron chi connectivity index (χ2n) is 8.43. The zero-order chi connectivity index (χ0) is 24.3. The summed E-state index contributed by atoms with van der Waals surface area (Å²) in [6.07, 6.45) is 0.706. The highest BCUT2D eigenvalue weighted by atomic mass is 19.1. The van der Waals surface area contributed by atoms with Crippen LogP contribution in [0, 0.1) is 11.6 Å². The summed E-state index contributed by atoms with van der Waals surface area (Å²) in [4.78, 5) is 43.5. The zero-order valence-corrected chi connectivity index (χ0v) is 18.9. The molecule has 0 unspecified atom stereocenters. The van der Waals surface area contributed by atoms with Crippen LogP contribution in [0.2, 0.25) is 0 Å². The van der Waals surface area contributed by atoms with Crippen LogP contribution in [0.4, 0.5) is 25.0 Å². The molecule has 0 bridgehead atoms. The van der Waals surface area contributed by atoms with Crippen LogP contribution in [0.15, 0.2) is 48.5 Å². The van der Waals surface area contributed by atoms with Gasteiger partial charge < -0.3 is 25.3 Å². The summed E-state index contributed by atoms with van der Waals surface area (Å²) in [6.45, 7) is 3.06. The number of piperidine rings is 1. The summed E-state index contributed by atoms with van der Waals surface area (Å²) in [7, 11) is 0. The van der Waals surface area contributed by atoms with E-state index in [0.717, 1.165) is 11.8 Å². The molecule has 4 amide bonds. The van der Waals surface area contributed by atoms with Crippen molar-refractivity contribution in [3.63, 3.8) is 0 Å². The third-order valence-electron chi connectivity index (χ3n) is 6.34. The molecule has 0 radical (unpaired) electrons. The SMILES string of the molecule is CCNC(=O)CN1CN(c2ccccc2)C2(CCN(C(=O)Nc3ccc(F)cc3F)CC2)C1=O. The average molecular weight is 472 g/mol. The fourth-order valence-corrected chi connectivity index (χ4v) is 4.61. The first-order chi connectivity index (χ1) is 16.3. The third-order valence-corrected chi connectivity index (χ3v) is 6.34. The van der Waals surface area contributed by atoms with Crippen molar-refractivity contribution in [2.24, 2.45) is 0 Å². The Kier molecular flexibility index (Phi) is 6.67. The van der Waals surface area contributed by atoms with E-state index in [1.807, 2.05) is 42.2 Å². The molecule has 2 N–H and O–H groups in total. The first-order valence-corrected chi connectivity index (χ1v) is 11.2. The van der Waals surface area contributed by atoms with Crippen molar-refractivity contribution >= 4 is 29.2 Å². The van der Waals surface area contributed by atoms with Gasteiger partial charge in [-0.2, -0.15) is 0 Å². The highest BCUT2D eigenvalue weighted by Gasteiger charge is 2.54. The molecule has 2 aromatic rings. The fourth-order valence-electron chi connectivity index (χ4n) is 4.61. The number of carbonyl (C=O) groups is 3. The Hall–Kier alpha value is -3.69. The van der Waals surface area contributed by atoms with Crippen molar-refractivity contribution in [3.05, 3.63) is 60.2 Å². The molecule has 2 fully saturated rings. The van der Waals surface area contributed by atoms with Crippen molar-refractivity contribution in [2.75, 3.05) is 43.1 Å². The lowest BCUT2D eigenvalue weighted by atomic mass is 9.85. The zero-order valence-electron chi connectivity index (χ0n) is 18.9. The molecule has 2 aliphatic heterocycles. The Morgan fingerprint density at radius 1 is 1.06 bits per heavy atom. The third kappa shape index (κ3) is 4.52. The standard InChI is InChI=1S/C24H27F2N5O3/c1-2-27-21(32)15-30-16-31(18-6-4-3-5-7-18)24(22(30)33)10-12-29(13-11-24)23(34)28-20-9-8-17(25)14-19(20)26/h3-9,14H,2,10-13,15-16H2,1H3,(H,27,32)(H,28,34). The van der Waals surface area contributed by atoms with Gasteiger partial charge in [-0.3, -0.25) is 9.59 Å². The minimum absolute atomic E-state index is 0.0359. The predicted octanol–water partition coefficient (Wildman–Crippen LogP) is 2.77. The van der Waals surface area contributed by atoms with Crippen molar-refractivity contribution in [3.8, 4) is 0 Å². The van der Waals surface area contributed by atoms with E-state index in [2.05, 4.69) is 10.6 Å². The molecule has 0 aromatic heterocycles. The largest absolute Gasteiger partial charge is 0.355 e. The van der Waals surface area contributed by atoms with Crippen LogP contribution in [0.3, 0.4) is 0 Å². The number of halogens is 2. The number of hydrogen-bond donors (Lipinski definition) is 2. The van der Waals surface area contributed by atoms with E-state index < -0.39 is 23.2 Å². The number of likely N-dealkylation sites (N-methyl/N-ethyl adjacent to an activating group) is 1. The van der Waals surface area contributed by atoms with Gasteiger partial charge in [-0.15, -0.1) is 0 Å². The lowest BCUT2D eigenvalue weighted by molar-refractivity contribution is -0.137. The number of anilines is 2. The molecule has 4 rings (SSSR count). The summed E-state index contributed by atoms with van der Waals surface area (Å²) < 4.78 is 27.1. The molecule has 1 spiro atoms. The average Bonchev–Trinajstić information content (AvgIpc) is 3.08. The number of nitrogens with zero attached hydrogens (tertiary/aromatic N) is 3. The molecule has 0 saturated carbocycles. The van der Waals surface area contributed by atoms with Gasteiger partial charge in [-0.05, 0) is 44.0 Å². The Bertz CT molecular complexity index is 1070. The van der Waals surface area contributed by atoms with Gasteiger partial charge in [0, 0.05) is 31.4 Å². The second-order valence-corrected chi connectivity index (χ2v) is 8.43. The van der Waals surface area contributed by atoms with Gasteiger partial charge in [-0.25, -0.2) is 13.6 Å². The van der Waals surface area contributed by atoms with Crippen LogP contribution in [0.5, 0.6) is 0 Å². The van der Waals surface area contributed by atoms with E-state index in [4.69, 9.17) is 0 Å². The van der Waals surface area contributed by atoms with Crippen LogP contribution in [0.1, 0.15) is 19.8 Å². The van der Waals surface area contributed by atoms with Crippen molar-refractivity contribution in [2.45, 2.75) is 25.3 Å². The minimum Gasteiger partial charge on any atom is -0.355 e. The molecule has 2 aromatic carbocycles. The smallest absolute Gasteiger partial charge is 0.321 e. The Labute approximate surface area is 196 Å². The van der Waals surface area contributed by atoms with E-state index in [-0.39, 0.29) is 43.8 Å². The molecule has 10 heteroatoms. The van der Waals surface area contributed by atoms with Crippen LogP contribution in [-0.2, 0) is 9.59 Å². The highest BCUT2D eigenvalue weighted by molar-refractivity contribution is 5.97. The summed E-state index contributed by atoms with van der Waals surface area (Å²) >= 11 is 0. The maximum atomic E-state index is 13.9. The Balaban J connectivity index is 1.50. The van der Waals surface area contributed by atoms with Crippen LogP contribution < -0.4 is 15.5 Å². The van der Waals surface area contributed by atoms with E-state index in [0.29, 0.717) is 25.5 Å². The predicted molar refractivity (Wildman–Crippen MR) is 123 cm³/mol. The Morgan fingerprint density at radius 3 is 2.41 bits per heavy atom. The second kappa shape index (κ2) is 9.66. The fraction of sp³-hybridized carbons (Fsp3) is 0.375. The normalized spacial score (nSPS) is 17.3. The molecule has 34 heavy (non-hydrogen) atoms.